The van der Waals surface area contributed by atoms with E-state index in [-0.39, 0.29) is 26.1 Å². The molecule has 0 atom stereocenters. The number of rotatable bonds is 16. The number of aliphatic carboxylic acids is 1. The molecule has 23 heavy (non-hydrogen) atoms. The first-order valence-electron chi connectivity index (χ1n) is 7.73. The van der Waals surface area contributed by atoms with Crippen LogP contribution in [0.15, 0.2) is 0 Å². The van der Waals surface area contributed by atoms with Gasteiger partial charge >= 0.3 is 11.9 Å². The van der Waals surface area contributed by atoms with Crippen molar-refractivity contribution in [2.24, 2.45) is 0 Å². The molecule has 0 fully saturated rings. The minimum absolute atomic E-state index is 0.0558. The lowest BCUT2D eigenvalue weighted by molar-refractivity contribution is -0.151. The molecule has 1 N–H and O–H groups in total. The molecule has 0 amide bonds. The van der Waals surface area contributed by atoms with E-state index in [1.165, 1.54) is 0 Å². The van der Waals surface area contributed by atoms with Gasteiger partial charge in [-0.15, -0.1) is 0 Å². The Morgan fingerprint density at radius 1 is 0.783 bits per heavy atom. The molecule has 134 valence electrons. The highest BCUT2D eigenvalue weighted by Crippen LogP contribution is 1.95. The molecule has 0 unspecified atom stereocenters. The van der Waals surface area contributed by atoms with E-state index in [0.29, 0.717) is 26.4 Å². The van der Waals surface area contributed by atoms with Crippen LogP contribution in [-0.2, 0) is 33.3 Å². The molecule has 0 saturated carbocycles. The fourth-order valence-electron chi connectivity index (χ4n) is 1.40. The number of hydrogen-bond acceptors (Lipinski definition) is 7. The molecular weight excluding hydrogens is 308 g/mol. The van der Waals surface area contributed by atoms with E-state index >= 15 is 0 Å². The summed E-state index contributed by atoms with van der Waals surface area (Å²) in [6.07, 6.45) is 1.55. The van der Waals surface area contributed by atoms with Crippen LogP contribution in [-0.4, -0.2) is 69.1 Å². The van der Waals surface area contributed by atoms with E-state index in [1.807, 2.05) is 0 Å². The van der Waals surface area contributed by atoms with Gasteiger partial charge in [0.2, 0.25) is 5.78 Å². The smallest absolute Gasteiger partial charge is 0.372 e. The highest BCUT2D eigenvalue weighted by Gasteiger charge is 2.13. The van der Waals surface area contributed by atoms with Crippen LogP contribution in [0.1, 0.15) is 32.6 Å². The zero-order valence-corrected chi connectivity index (χ0v) is 13.6. The standard InChI is InChI=1S/C15H26O8/c1-2-3-6-20-7-8-21-9-10-22-11-12-23-14(17)5-4-13(16)15(18)19/h2-12H2,1H3,(H,18,19). The third-order valence-corrected chi connectivity index (χ3v) is 2.67. The zero-order valence-electron chi connectivity index (χ0n) is 13.6. The van der Waals surface area contributed by atoms with Gasteiger partial charge < -0.3 is 24.1 Å². The number of ether oxygens (including phenoxy) is 4. The van der Waals surface area contributed by atoms with Crippen LogP contribution in [0.2, 0.25) is 0 Å². The number of carbonyl (C=O) groups is 3. The van der Waals surface area contributed by atoms with Gasteiger partial charge in [0.1, 0.15) is 6.61 Å². The monoisotopic (exact) mass is 334 g/mol. The highest BCUT2D eigenvalue weighted by atomic mass is 16.6. The van der Waals surface area contributed by atoms with Crippen LogP contribution >= 0.6 is 0 Å². The Bertz CT molecular complexity index is 342. The summed E-state index contributed by atoms with van der Waals surface area (Å²) in [5.41, 5.74) is 0. The number of hydrogen-bond donors (Lipinski definition) is 1. The van der Waals surface area contributed by atoms with Gasteiger partial charge in [0, 0.05) is 13.0 Å². The van der Waals surface area contributed by atoms with Crippen LogP contribution in [0.25, 0.3) is 0 Å². The molecule has 0 radical (unpaired) electrons. The molecule has 8 heteroatoms. The highest BCUT2D eigenvalue weighted by molar-refractivity contribution is 6.32. The van der Waals surface area contributed by atoms with E-state index in [9.17, 15) is 14.4 Å². The van der Waals surface area contributed by atoms with Crippen LogP contribution in [0, 0.1) is 0 Å². The van der Waals surface area contributed by atoms with Crippen molar-refractivity contribution < 1.29 is 38.4 Å². The molecule has 0 aliphatic heterocycles. The van der Waals surface area contributed by atoms with Gasteiger partial charge in [-0.1, -0.05) is 13.3 Å². The summed E-state index contributed by atoms with van der Waals surface area (Å²) in [6.45, 7) is 5.01. The van der Waals surface area contributed by atoms with Crippen molar-refractivity contribution in [3.05, 3.63) is 0 Å². The number of carboxylic acid groups (broad SMARTS) is 1. The number of esters is 1. The quantitative estimate of drug-likeness (QED) is 0.251. The van der Waals surface area contributed by atoms with E-state index in [2.05, 4.69) is 6.92 Å². The maximum atomic E-state index is 11.2. The van der Waals surface area contributed by atoms with Gasteiger partial charge in [0.15, 0.2) is 0 Å². The van der Waals surface area contributed by atoms with Crippen LogP contribution in [0.4, 0.5) is 0 Å². The molecule has 0 aromatic rings. The maximum Gasteiger partial charge on any atom is 0.372 e. The topological polar surface area (TPSA) is 108 Å². The van der Waals surface area contributed by atoms with Crippen molar-refractivity contribution in [2.45, 2.75) is 32.6 Å². The second-order valence-corrected chi connectivity index (χ2v) is 4.64. The predicted octanol–water partition coefficient (Wildman–Crippen LogP) is 0.813. The van der Waals surface area contributed by atoms with Gasteiger partial charge in [-0.2, -0.15) is 0 Å². The first kappa shape index (κ1) is 21.5. The Balaban J connectivity index is 3.25. The van der Waals surface area contributed by atoms with Crippen molar-refractivity contribution >= 4 is 17.7 Å². The number of carbonyl (C=O) groups excluding carboxylic acids is 2. The molecule has 0 aromatic heterocycles. The zero-order chi connectivity index (χ0) is 17.3. The molecule has 8 nitrogen and oxygen atoms in total. The number of unbranched alkanes of at least 4 members (excludes halogenated alkanes) is 1. The average Bonchev–Trinajstić information content (AvgIpc) is 2.53. The summed E-state index contributed by atoms with van der Waals surface area (Å²) >= 11 is 0. The van der Waals surface area contributed by atoms with Crippen molar-refractivity contribution in [2.75, 3.05) is 46.2 Å². The van der Waals surface area contributed by atoms with Crippen LogP contribution in [0.3, 0.4) is 0 Å². The van der Waals surface area contributed by atoms with Crippen molar-refractivity contribution in [1.82, 2.24) is 0 Å². The van der Waals surface area contributed by atoms with E-state index < -0.39 is 17.7 Å². The van der Waals surface area contributed by atoms with Crippen LogP contribution in [0.5, 0.6) is 0 Å². The average molecular weight is 334 g/mol. The molecule has 0 spiro atoms. The summed E-state index contributed by atoms with van der Waals surface area (Å²) < 4.78 is 20.6. The van der Waals surface area contributed by atoms with Crippen molar-refractivity contribution in [3.8, 4) is 0 Å². The minimum Gasteiger partial charge on any atom is -0.476 e. The predicted molar refractivity (Wildman–Crippen MR) is 80.2 cm³/mol. The lowest BCUT2D eigenvalue weighted by Gasteiger charge is -2.07. The fourth-order valence-corrected chi connectivity index (χ4v) is 1.40. The van der Waals surface area contributed by atoms with Gasteiger partial charge in [-0.05, 0) is 6.42 Å². The Labute approximate surface area is 136 Å². The Hall–Kier alpha value is -1.51. The summed E-state index contributed by atoms with van der Waals surface area (Å²) in [5, 5.41) is 8.34. The first-order valence-corrected chi connectivity index (χ1v) is 7.73. The lowest BCUT2D eigenvalue weighted by atomic mass is 10.2. The Morgan fingerprint density at radius 3 is 1.83 bits per heavy atom. The second kappa shape index (κ2) is 15.4. The first-order chi connectivity index (χ1) is 11.1. The Morgan fingerprint density at radius 2 is 1.30 bits per heavy atom. The van der Waals surface area contributed by atoms with E-state index in [1.54, 1.807) is 0 Å². The summed E-state index contributed by atoms with van der Waals surface area (Å²) in [6, 6.07) is 0. The molecule has 0 heterocycles. The third-order valence-electron chi connectivity index (χ3n) is 2.67. The van der Waals surface area contributed by atoms with Gasteiger partial charge in [0.05, 0.1) is 39.5 Å². The van der Waals surface area contributed by atoms with Gasteiger partial charge in [0.25, 0.3) is 0 Å². The summed E-state index contributed by atoms with van der Waals surface area (Å²) in [5.74, 6) is -3.17. The molecule has 0 aromatic carbocycles. The van der Waals surface area contributed by atoms with E-state index in [0.717, 1.165) is 19.4 Å². The fraction of sp³-hybridized carbons (Fsp3) is 0.800. The molecule has 0 rings (SSSR count). The van der Waals surface area contributed by atoms with Crippen molar-refractivity contribution in [3.63, 3.8) is 0 Å². The van der Waals surface area contributed by atoms with Crippen LogP contribution < -0.4 is 0 Å². The normalized spacial score (nSPS) is 10.5. The molecule has 0 saturated heterocycles. The molecule has 0 aliphatic carbocycles. The summed E-state index contributed by atoms with van der Waals surface area (Å²) in [4.78, 5) is 32.2. The maximum absolute atomic E-state index is 11.2. The van der Waals surface area contributed by atoms with E-state index in [4.69, 9.17) is 24.1 Å². The number of carboxylic acids is 1. The van der Waals surface area contributed by atoms with Gasteiger partial charge in [-0.25, -0.2) is 4.79 Å². The number of ketones is 1. The molecule has 0 aliphatic rings. The largest absolute Gasteiger partial charge is 0.476 e. The third kappa shape index (κ3) is 15.2. The SMILES string of the molecule is CCCCOCCOCCOCCOC(=O)CCC(=O)C(=O)O. The van der Waals surface area contributed by atoms with Crippen molar-refractivity contribution in [1.29, 1.82) is 0 Å². The number of Topliss-reactive ketones (excluding diaryl/α,β-unsaturated/α-hetero) is 1. The summed E-state index contributed by atoms with van der Waals surface area (Å²) in [7, 11) is 0. The molecule has 0 bridgehead atoms. The van der Waals surface area contributed by atoms with Gasteiger partial charge in [-0.3, -0.25) is 9.59 Å². The second-order valence-electron chi connectivity index (χ2n) is 4.64. The molecular formula is C15H26O8. The Kier molecular flexibility index (Phi) is 14.4. The minimum atomic E-state index is -1.54. The lowest BCUT2D eigenvalue weighted by Crippen LogP contribution is -2.17.